The van der Waals surface area contributed by atoms with E-state index in [1.807, 2.05) is 13.0 Å². The first kappa shape index (κ1) is 12.1. The van der Waals surface area contributed by atoms with Crippen LogP contribution in [0.2, 0.25) is 0 Å². The number of aromatic nitrogens is 1. The Morgan fingerprint density at radius 2 is 2.20 bits per heavy atom. The zero-order chi connectivity index (χ0) is 13.7. The third kappa shape index (κ3) is 1.86. The van der Waals surface area contributed by atoms with Crippen molar-refractivity contribution in [3.63, 3.8) is 0 Å². The maximum Gasteiger partial charge on any atom is 0.149 e. The fraction of sp³-hybridized carbons (Fsp3) is 0.438. The number of hydrogen-bond acceptors (Lipinski definition) is 3. The minimum absolute atomic E-state index is 0.237. The number of halogens is 1. The Morgan fingerprint density at radius 1 is 1.35 bits per heavy atom. The number of ether oxygens (including phenoxy) is 1. The van der Waals surface area contributed by atoms with Crippen molar-refractivity contribution < 1.29 is 9.13 Å². The lowest BCUT2D eigenvalue weighted by Crippen LogP contribution is -2.16. The van der Waals surface area contributed by atoms with E-state index in [1.54, 1.807) is 0 Å². The van der Waals surface area contributed by atoms with Crippen molar-refractivity contribution in [1.82, 2.24) is 4.98 Å². The molecule has 1 aliphatic heterocycles. The van der Waals surface area contributed by atoms with Crippen molar-refractivity contribution in [2.45, 2.75) is 38.8 Å². The Bertz CT molecular complexity index is 695. The molecule has 1 fully saturated rings. The summed E-state index contributed by atoms with van der Waals surface area (Å²) in [6, 6.07) is 3.86. The standard InChI is InChI=1S/C16H17FN2O/c1-9-2-5-12(17)16-14(9)15(18-10-3-4-10)11-8-20-7-6-13(11)19-16/h2,5,10H,3-4,6-8H2,1H3,(H,18,19). The Balaban J connectivity index is 2.03. The van der Waals surface area contributed by atoms with Gasteiger partial charge in [-0.25, -0.2) is 9.37 Å². The number of benzene rings is 1. The summed E-state index contributed by atoms with van der Waals surface area (Å²) in [7, 11) is 0. The van der Waals surface area contributed by atoms with E-state index in [4.69, 9.17) is 4.74 Å². The van der Waals surface area contributed by atoms with Crippen molar-refractivity contribution >= 4 is 16.6 Å². The van der Waals surface area contributed by atoms with Gasteiger partial charge in [-0.05, 0) is 31.4 Å². The lowest BCUT2D eigenvalue weighted by atomic mass is 9.99. The summed E-state index contributed by atoms with van der Waals surface area (Å²) in [5.74, 6) is -0.237. The van der Waals surface area contributed by atoms with Gasteiger partial charge in [0.2, 0.25) is 0 Å². The van der Waals surface area contributed by atoms with Crippen LogP contribution in [0, 0.1) is 12.7 Å². The van der Waals surface area contributed by atoms with Crippen LogP contribution >= 0.6 is 0 Å². The van der Waals surface area contributed by atoms with E-state index >= 15 is 0 Å². The second-order valence-corrected chi connectivity index (χ2v) is 5.72. The van der Waals surface area contributed by atoms with E-state index in [0.717, 1.165) is 34.3 Å². The van der Waals surface area contributed by atoms with Crippen LogP contribution in [0.3, 0.4) is 0 Å². The predicted molar refractivity (Wildman–Crippen MR) is 76.4 cm³/mol. The molecular formula is C16H17FN2O. The summed E-state index contributed by atoms with van der Waals surface area (Å²) in [6.07, 6.45) is 3.14. The third-order valence-corrected chi connectivity index (χ3v) is 4.14. The largest absolute Gasteiger partial charge is 0.381 e. The highest BCUT2D eigenvalue weighted by Crippen LogP contribution is 2.37. The zero-order valence-electron chi connectivity index (χ0n) is 11.5. The molecule has 0 unspecified atom stereocenters. The number of fused-ring (bicyclic) bond motifs is 2. The summed E-state index contributed by atoms with van der Waals surface area (Å²) in [6.45, 7) is 3.25. The molecule has 1 aromatic heterocycles. The molecule has 0 atom stereocenters. The molecule has 1 saturated carbocycles. The average molecular weight is 272 g/mol. The molecule has 4 rings (SSSR count). The van der Waals surface area contributed by atoms with Gasteiger partial charge in [0.05, 0.1) is 24.6 Å². The Labute approximate surface area is 117 Å². The summed E-state index contributed by atoms with van der Waals surface area (Å²) in [5, 5.41) is 4.49. The Morgan fingerprint density at radius 3 is 3.00 bits per heavy atom. The second kappa shape index (κ2) is 4.42. The highest BCUT2D eigenvalue weighted by molar-refractivity contribution is 5.96. The Hall–Kier alpha value is -1.68. The number of nitrogens with zero attached hydrogens (tertiary/aromatic N) is 1. The lowest BCUT2D eigenvalue weighted by molar-refractivity contribution is 0.110. The number of hydrogen-bond donors (Lipinski definition) is 1. The van der Waals surface area contributed by atoms with Gasteiger partial charge in [0.25, 0.3) is 0 Å². The first-order chi connectivity index (χ1) is 9.74. The maximum absolute atomic E-state index is 14.1. The molecule has 0 saturated heterocycles. The summed E-state index contributed by atoms with van der Waals surface area (Å²) < 4.78 is 19.7. The molecule has 2 heterocycles. The van der Waals surface area contributed by atoms with E-state index < -0.39 is 0 Å². The van der Waals surface area contributed by atoms with E-state index in [9.17, 15) is 4.39 Å². The molecule has 0 amide bonds. The predicted octanol–water partition coefficient (Wildman–Crippen LogP) is 3.33. The molecule has 2 aromatic rings. The molecule has 104 valence electrons. The number of pyridine rings is 1. The van der Waals surface area contributed by atoms with Crippen LogP contribution in [0.15, 0.2) is 12.1 Å². The average Bonchev–Trinajstić information content (AvgIpc) is 3.27. The highest BCUT2D eigenvalue weighted by atomic mass is 19.1. The van der Waals surface area contributed by atoms with Crippen LogP contribution in [-0.2, 0) is 17.8 Å². The van der Waals surface area contributed by atoms with Crippen molar-refractivity contribution in [3.8, 4) is 0 Å². The molecule has 0 bridgehead atoms. The minimum atomic E-state index is -0.237. The molecule has 0 spiro atoms. The zero-order valence-corrected chi connectivity index (χ0v) is 11.5. The van der Waals surface area contributed by atoms with E-state index in [1.165, 1.54) is 18.9 Å². The number of anilines is 1. The number of aryl methyl sites for hydroxylation is 1. The normalized spacial score (nSPS) is 18.1. The summed E-state index contributed by atoms with van der Waals surface area (Å²) in [5.41, 5.74) is 4.70. The van der Waals surface area contributed by atoms with Gasteiger partial charge in [-0.2, -0.15) is 0 Å². The maximum atomic E-state index is 14.1. The van der Waals surface area contributed by atoms with Crippen LogP contribution in [0.5, 0.6) is 0 Å². The van der Waals surface area contributed by atoms with Crippen LogP contribution in [0.25, 0.3) is 10.9 Å². The SMILES string of the molecule is Cc1ccc(F)c2nc3c(c(NC4CC4)c12)COCC3. The molecule has 2 aliphatic rings. The van der Waals surface area contributed by atoms with Gasteiger partial charge in [0.15, 0.2) is 0 Å². The first-order valence-corrected chi connectivity index (χ1v) is 7.19. The first-order valence-electron chi connectivity index (χ1n) is 7.19. The quantitative estimate of drug-likeness (QED) is 0.910. The van der Waals surface area contributed by atoms with Gasteiger partial charge in [0, 0.05) is 23.4 Å². The third-order valence-electron chi connectivity index (χ3n) is 4.14. The van der Waals surface area contributed by atoms with Crippen molar-refractivity contribution in [2.24, 2.45) is 0 Å². The van der Waals surface area contributed by atoms with Gasteiger partial charge in [-0.3, -0.25) is 0 Å². The van der Waals surface area contributed by atoms with Gasteiger partial charge in [0.1, 0.15) is 11.3 Å². The summed E-state index contributed by atoms with van der Waals surface area (Å²) >= 11 is 0. The summed E-state index contributed by atoms with van der Waals surface area (Å²) in [4.78, 5) is 4.57. The van der Waals surface area contributed by atoms with E-state index in [2.05, 4.69) is 10.3 Å². The van der Waals surface area contributed by atoms with Crippen molar-refractivity contribution in [3.05, 3.63) is 34.8 Å². The highest BCUT2D eigenvalue weighted by Gasteiger charge is 2.27. The van der Waals surface area contributed by atoms with Crippen LogP contribution in [-0.4, -0.2) is 17.6 Å². The lowest BCUT2D eigenvalue weighted by Gasteiger charge is -2.23. The van der Waals surface area contributed by atoms with Gasteiger partial charge >= 0.3 is 0 Å². The molecule has 4 heteroatoms. The van der Waals surface area contributed by atoms with E-state index in [-0.39, 0.29) is 5.82 Å². The monoisotopic (exact) mass is 272 g/mol. The second-order valence-electron chi connectivity index (χ2n) is 5.72. The molecule has 0 radical (unpaired) electrons. The molecule has 1 N–H and O–H groups in total. The fourth-order valence-electron chi connectivity index (χ4n) is 2.89. The van der Waals surface area contributed by atoms with Gasteiger partial charge in [-0.1, -0.05) is 6.07 Å². The van der Waals surface area contributed by atoms with Crippen LogP contribution in [0.4, 0.5) is 10.1 Å². The molecular weight excluding hydrogens is 255 g/mol. The number of rotatable bonds is 2. The van der Waals surface area contributed by atoms with Crippen LogP contribution in [0.1, 0.15) is 29.7 Å². The van der Waals surface area contributed by atoms with E-state index in [0.29, 0.717) is 24.8 Å². The molecule has 20 heavy (non-hydrogen) atoms. The minimum Gasteiger partial charge on any atom is -0.381 e. The molecule has 1 aromatic carbocycles. The number of nitrogens with one attached hydrogen (secondary N) is 1. The molecule has 3 nitrogen and oxygen atoms in total. The fourth-order valence-corrected chi connectivity index (χ4v) is 2.89. The van der Waals surface area contributed by atoms with Crippen molar-refractivity contribution in [2.75, 3.05) is 11.9 Å². The topological polar surface area (TPSA) is 34.2 Å². The van der Waals surface area contributed by atoms with Gasteiger partial charge < -0.3 is 10.1 Å². The Kier molecular flexibility index (Phi) is 2.67. The molecule has 1 aliphatic carbocycles. The van der Waals surface area contributed by atoms with Gasteiger partial charge in [-0.15, -0.1) is 0 Å². The van der Waals surface area contributed by atoms with Crippen LogP contribution < -0.4 is 5.32 Å². The van der Waals surface area contributed by atoms with Crippen molar-refractivity contribution in [1.29, 1.82) is 0 Å². The smallest absolute Gasteiger partial charge is 0.149 e.